The van der Waals surface area contributed by atoms with Crippen molar-refractivity contribution >= 4 is 16.0 Å². The molecule has 0 aromatic carbocycles. The Labute approximate surface area is 140 Å². The van der Waals surface area contributed by atoms with Gasteiger partial charge in [-0.05, 0) is 38.5 Å². The summed E-state index contributed by atoms with van der Waals surface area (Å²) in [6.45, 7) is 0.895. The summed E-state index contributed by atoms with van der Waals surface area (Å²) in [5, 5.41) is 0. The number of rotatable bonds is 6. The smallest absolute Gasteiger partial charge is 0.264 e. The van der Waals surface area contributed by atoms with Gasteiger partial charge < -0.3 is 4.90 Å². The van der Waals surface area contributed by atoms with Gasteiger partial charge in [-0.2, -0.15) is 8.42 Å². The normalized spacial score (nSPS) is 29.4. The van der Waals surface area contributed by atoms with E-state index in [1.165, 1.54) is 63.6 Å². The summed E-state index contributed by atoms with van der Waals surface area (Å²) in [6.07, 6.45) is 12.9. The number of hydrogen-bond acceptors (Lipinski definition) is 4. The minimum Gasteiger partial charge on any atom is -0.355 e. The van der Waals surface area contributed by atoms with Crippen LogP contribution in [0.25, 0.3) is 0 Å². The number of fused-ring (bicyclic) bond motifs is 1. The molecule has 2 unspecified atom stereocenters. The van der Waals surface area contributed by atoms with Crippen molar-refractivity contribution in [2.75, 3.05) is 12.3 Å². The Morgan fingerprint density at radius 1 is 1.00 bits per heavy atom. The van der Waals surface area contributed by atoms with E-state index in [2.05, 4.69) is 4.90 Å². The van der Waals surface area contributed by atoms with Crippen molar-refractivity contribution < 1.29 is 13.0 Å². The zero-order valence-electron chi connectivity index (χ0n) is 14.0. The number of hydrogen-bond donors (Lipinski definition) is 1. The molecule has 0 aromatic rings. The standard InChI is InChI=1S/C17H30N2O3S/c20-23(21,22)13-7-6-12-19-16-11-5-4-10-15(16)18-17(19)14-8-2-1-3-9-14/h14-16H,1-13H2,(H,20,21,22). The Hall–Kier alpha value is -0.620. The largest absolute Gasteiger partial charge is 0.355 e. The second-order valence-corrected chi connectivity index (χ2v) is 9.00. The van der Waals surface area contributed by atoms with Crippen molar-refractivity contribution in [3.8, 4) is 0 Å². The van der Waals surface area contributed by atoms with Crippen LogP contribution in [0.5, 0.6) is 0 Å². The fourth-order valence-electron chi connectivity index (χ4n) is 4.57. The Bertz CT molecular complexity index is 526. The molecule has 1 aliphatic heterocycles. The zero-order valence-corrected chi connectivity index (χ0v) is 14.8. The summed E-state index contributed by atoms with van der Waals surface area (Å²) >= 11 is 0. The Morgan fingerprint density at radius 3 is 2.43 bits per heavy atom. The van der Waals surface area contributed by atoms with E-state index in [9.17, 15) is 8.42 Å². The van der Waals surface area contributed by atoms with Gasteiger partial charge in [0, 0.05) is 12.5 Å². The molecule has 1 heterocycles. The van der Waals surface area contributed by atoms with E-state index in [4.69, 9.17) is 9.55 Å². The Morgan fingerprint density at radius 2 is 1.70 bits per heavy atom. The summed E-state index contributed by atoms with van der Waals surface area (Å²) in [5.41, 5.74) is 0. The van der Waals surface area contributed by atoms with Gasteiger partial charge in [0.05, 0.1) is 17.8 Å². The molecule has 2 fully saturated rings. The van der Waals surface area contributed by atoms with Crippen LogP contribution in [0, 0.1) is 5.92 Å². The SMILES string of the molecule is O=S(=O)(O)CCCCN1C(C2CCCCC2)=NC2CCCCC21. The molecule has 132 valence electrons. The maximum absolute atomic E-state index is 10.9. The first kappa shape index (κ1) is 17.2. The molecule has 23 heavy (non-hydrogen) atoms. The summed E-state index contributed by atoms with van der Waals surface area (Å²) in [7, 11) is -3.83. The van der Waals surface area contributed by atoms with Crippen LogP contribution in [-0.4, -0.2) is 48.1 Å². The third-order valence-electron chi connectivity index (χ3n) is 5.71. The van der Waals surface area contributed by atoms with E-state index < -0.39 is 10.1 Å². The molecule has 0 saturated heterocycles. The molecular formula is C17H30N2O3S. The van der Waals surface area contributed by atoms with Crippen LogP contribution in [0.15, 0.2) is 4.99 Å². The lowest BCUT2D eigenvalue weighted by atomic mass is 9.87. The van der Waals surface area contributed by atoms with Crippen LogP contribution in [-0.2, 0) is 10.1 Å². The molecule has 6 heteroatoms. The molecule has 1 N–H and O–H groups in total. The number of amidine groups is 1. The molecule has 0 aromatic heterocycles. The van der Waals surface area contributed by atoms with E-state index in [0.29, 0.717) is 24.4 Å². The lowest BCUT2D eigenvalue weighted by molar-refractivity contribution is 0.233. The molecule has 0 radical (unpaired) electrons. The van der Waals surface area contributed by atoms with Crippen molar-refractivity contribution in [2.45, 2.75) is 82.7 Å². The minimum atomic E-state index is -3.83. The third-order valence-corrected chi connectivity index (χ3v) is 6.51. The lowest BCUT2D eigenvalue weighted by Gasteiger charge is -2.36. The van der Waals surface area contributed by atoms with Crippen LogP contribution in [0.4, 0.5) is 0 Å². The fourth-order valence-corrected chi connectivity index (χ4v) is 5.14. The van der Waals surface area contributed by atoms with Gasteiger partial charge in [-0.3, -0.25) is 9.55 Å². The highest BCUT2D eigenvalue weighted by Crippen LogP contribution is 2.36. The quantitative estimate of drug-likeness (QED) is 0.594. The van der Waals surface area contributed by atoms with Gasteiger partial charge in [-0.1, -0.05) is 32.1 Å². The molecule has 3 rings (SSSR count). The molecule has 2 saturated carbocycles. The van der Waals surface area contributed by atoms with Gasteiger partial charge in [-0.25, -0.2) is 0 Å². The van der Waals surface area contributed by atoms with Crippen molar-refractivity contribution in [1.82, 2.24) is 4.90 Å². The molecular weight excluding hydrogens is 312 g/mol. The van der Waals surface area contributed by atoms with Crippen molar-refractivity contribution in [1.29, 1.82) is 0 Å². The van der Waals surface area contributed by atoms with Crippen molar-refractivity contribution in [3.05, 3.63) is 0 Å². The highest BCUT2D eigenvalue weighted by atomic mass is 32.2. The summed E-state index contributed by atoms with van der Waals surface area (Å²) in [5.74, 6) is 1.83. The van der Waals surface area contributed by atoms with Gasteiger partial charge in [-0.15, -0.1) is 0 Å². The minimum absolute atomic E-state index is 0.120. The second kappa shape index (κ2) is 7.51. The van der Waals surface area contributed by atoms with Crippen molar-refractivity contribution in [3.63, 3.8) is 0 Å². The fraction of sp³-hybridized carbons (Fsp3) is 0.941. The monoisotopic (exact) mass is 342 g/mol. The maximum Gasteiger partial charge on any atom is 0.264 e. The molecule has 0 amide bonds. The average molecular weight is 343 g/mol. The average Bonchev–Trinajstić information content (AvgIpc) is 2.90. The first-order valence-electron chi connectivity index (χ1n) is 9.34. The van der Waals surface area contributed by atoms with E-state index >= 15 is 0 Å². The second-order valence-electron chi connectivity index (χ2n) is 7.43. The number of aliphatic imine (C=N–C) groups is 1. The van der Waals surface area contributed by atoms with Gasteiger partial charge in [0.25, 0.3) is 10.1 Å². The Kier molecular flexibility index (Phi) is 5.62. The van der Waals surface area contributed by atoms with Crippen LogP contribution >= 0.6 is 0 Å². The summed E-state index contributed by atoms with van der Waals surface area (Å²) in [4.78, 5) is 7.64. The zero-order chi connectivity index (χ0) is 16.3. The van der Waals surface area contributed by atoms with Crippen LogP contribution in [0.2, 0.25) is 0 Å². The summed E-state index contributed by atoms with van der Waals surface area (Å²) < 4.78 is 30.7. The van der Waals surface area contributed by atoms with Gasteiger partial charge >= 0.3 is 0 Å². The molecule has 3 aliphatic rings. The van der Waals surface area contributed by atoms with Crippen LogP contribution in [0.1, 0.15) is 70.6 Å². The first-order valence-corrected chi connectivity index (χ1v) is 10.9. The highest BCUT2D eigenvalue weighted by Gasteiger charge is 2.39. The van der Waals surface area contributed by atoms with Crippen molar-refractivity contribution in [2.24, 2.45) is 10.9 Å². The lowest BCUT2D eigenvalue weighted by Crippen LogP contribution is -2.44. The summed E-state index contributed by atoms with van der Waals surface area (Å²) in [6, 6.07) is 1.02. The third kappa shape index (κ3) is 4.47. The predicted molar refractivity (Wildman–Crippen MR) is 92.4 cm³/mol. The highest BCUT2D eigenvalue weighted by molar-refractivity contribution is 7.85. The van der Waals surface area contributed by atoms with Gasteiger partial charge in [0.15, 0.2) is 0 Å². The molecule has 2 aliphatic carbocycles. The van der Waals surface area contributed by atoms with E-state index in [0.717, 1.165) is 13.0 Å². The van der Waals surface area contributed by atoms with Crippen LogP contribution < -0.4 is 0 Å². The molecule has 5 nitrogen and oxygen atoms in total. The van der Waals surface area contributed by atoms with Gasteiger partial charge in [0.2, 0.25) is 0 Å². The number of unbranched alkanes of at least 4 members (excludes halogenated alkanes) is 1. The van der Waals surface area contributed by atoms with Gasteiger partial charge in [0.1, 0.15) is 5.84 Å². The van der Waals surface area contributed by atoms with Crippen LogP contribution in [0.3, 0.4) is 0 Å². The number of nitrogens with zero attached hydrogens (tertiary/aromatic N) is 2. The Balaban J connectivity index is 1.62. The molecule has 2 atom stereocenters. The van der Waals surface area contributed by atoms with E-state index in [-0.39, 0.29) is 5.75 Å². The predicted octanol–water partition coefficient (Wildman–Crippen LogP) is 3.26. The van der Waals surface area contributed by atoms with E-state index in [1.807, 2.05) is 0 Å². The first-order chi connectivity index (χ1) is 11.0. The molecule has 0 bridgehead atoms. The maximum atomic E-state index is 10.9. The molecule has 0 spiro atoms. The topological polar surface area (TPSA) is 70.0 Å². The van der Waals surface area contributed by atoms with E-state index in [1.54, 1.807) is 0 Å².